The van der Waals surface area contributed by atoms with Crippen molar-refractivity contribution in [3.8, 4) is 5.75 Å². The number of benzene rings is 3. The molecule has 0 radical (unpaired) electrons. The molecule has 1 amide bonds. The van der Waals surface area contributed by atoms with Crippen molar-refractivity contribution < 1.29 is 17.9 Å². The molecule has 0 spiro atoms. The molecule has 0 saturated heterocycles. The highest BCUT2D eigenvalue weighted by Gasteiger charge is 2.26. The largest absolute Gasteiger partial charge is 0.495 e. The van der Waals surface area contributed by atoms with Crippen LogP contribution in [0.4, 0.5) is 5.69 Å². The number of carbonyl (C=O) groups excluding carboxylic acids is 1. The number of carbonyl (C=O) groups is 1. The second-order valence-electron chi connectivity index (χ2n) is 6.52. The molecule has 3 rings (SSSR count). The van der Waals surface area contributed by atoms with E-state index in [2.05, 4.69) is 10.0 Å². The molecule has 3 aromatic carbocycles. The summed E-state index contributed by atoms with van der Waals surface area (Å²) in [6.45, 7) is 0. The lowest BCUT2D eigenvalue weighted by Gasteiger charge is -2.19. The highest BCUT2D eigenvalue weighted by Crippen LogP contribution is 2.27. The number of methoxy groups -OCH3 is 1. The van der Waals surface area contributed by atoms with Gasteiger partial charge in [-0.1, -0.05) is 60.1 Å². The maximum Gasteiger partial charge on any atom is 0.242 e. The minimum Gasteiger partial charge on any atom is -0.495 e. The van der Waals surface area contributed by atoms with Crippen LogP contribution in [-0.4, -0.2) is 27.5 Å². The molecule has 2 N–H and O–H groups in total. The second-order valence-corrected chi connectivity index (χ2v) is 8.64. The van der Waals surface area contributed by atoms with Crippen molar-refractivity contribution in [2.75, 3.05) is 12.4 Å². The number of halogens is 1. The molecule has 30 heavy (non-hydrogen) atoms. The molecule has 0 unspecified atom stereocenters. The van der Waals surface area contributed by atoms with Gasteiger partial charge < -0.3 is 10.1 Å². The number of anilines is 1. The van der Waals surface area contributed by atoms with E-state index in [0.717, 1.165) is 5.56 Å². The van der Waals surface area contributed by atoms with E-state index in [1.807, 2.05) is 30.3 Å². The first-order chi connectivity index (χ1) is 14.4. The van der Waals surface area contributed by atoms with Gasteiger partial charge in [-0.15, -0.1) is 0 Å². The van der Waals surface area contributed by atoms with Gasteiger partial charge in [-0.2, -0.15) is 4.72 Å². The molecule has 6 nitrogen and oxygen atoms in total. The highest BCUT2D eigenvalue weighted by molar-refractivity contribution is 7.89. The van der Waals surface area contributed by atoms with Crippen LogP contribution in [0.5, 0.6) is 5.75 Å². The number of sulfonamides is 1. The first-order valence-electron chi connectivity index (χ1n) is 9.15. The fourth-order valence-corrected chi connectivity index (χ4v) is 4.34. The molecule has 0 bridgehead atoms. The van der Waals surface area contributed by atoms with E-state index in [0.29, 0.717) is 16.5 Å². The Labute approximate surface area is 180 Å². The van der Waals surface area contributed by atoms with Crippen LogP contribution < -0.4 is 14.8 Å². The summed E-state index contributed by atoms with van der Waals surface area (Å²) in [4.78, 5) is 13.1. The molecular weight excluding hydrogens is 424 g/mol. The molecule has 3 aromatic rings. The van der Waals surface area contributed by atoms with Crippen LogP contribution in [-0.2, 0) is 21.2 Å². The topological polar surface area (TPSA) is 84.5 Å². The Bertz CT molecular complexity index is 1110. The summed E-state index contributed by atoms with van der Waals surface area (Å²) >= 11 is 6.12. The monoisotopic (exact) mass is 444 g/mol. The van der Waals surface area contributed by atoms with E-state index in [4.69, 9.17) is 16.3 Å². The summed E-state index contributed by atoms with van der Waals surface area (Å²) < 4.78 is 33.2. The van der Waals surface area contributed by atoms with E-state index in [-0.39, 0.29) is 11.3 Å². The van der Waals surface area contributed by atoms with Gasteiger partial charge >= 0.3 is 0 Å². The zero-order valence-corrected chi connectivity index (χ0v) is 17.8. The third-order valence-corrected chi connectivity index (χ3v) is 6.15. The van der Waals surface area contributed by atoms with Crippen LogP contribution in [0.1, 0.15) is 5.56 Å². The molecule has 0 heterocycles. The molecule has 0 aliphatic rings. The molecule has 0 aliphatic heterocycles. The van der Waals surface area contributed by atoms with Crippen molar-refractivity contribution in [1.82, 2.24) is 4.72 Å². The average molecular weight is 445 g/mol. The van der Waals surface area contributed by atoms with Gasteiger partial charge in [-0.3, -0.25) is 4.79 Å². The van der Waals surface area contributed by atoms with Gasteiger partial charge in [0.1, 0.15) is 11.8 Å². The molecule has 0 aliphatic carbocycles. The van der Waals surface area contributed by atoms with E-state index in [1.54, 1.807) is 36.4 Å². The number of nitrogens with one attached hydrogen (secondary N) is 2. The van der Waals surface area contributed by atoms with E-state index in [1.165, 1.54) is 19.2 Å². The number of amides is 1. The van der Waals surface area contributed by atoms with Gasteiger partial charge in [0.15, 0.2) is 0 Å². The van der Waals surface area contributed by atoms with Crippen LogP contribution in [0.25, 0.3) is 0 Å². The van der Waals surface area contributed by atoms with Crippen molar-refractivity contribution in [1.29, 1.82) is 0 Å². The Kier molecular flexibility index (Phi) is 7.10. The molecular formula is C22H21ClN2O4S. The van der Waals surface area contributed by atoms with Crippen LogP contribution in [0.2, 0.25) is 5.02 Å². The molecule has 1 atom stereocenters. The van der Waals surface area contributed by atoms with E-state index in [9.17, 15) is 13.2 Å². The van der Waals surface area contributed by atoms with Gasteiger partial charge in [-0.05, 0) is 42.3 Å². The highest BCUT2D eigenvalue weighted by atomic mass is 35.5. The van der Waals surface area contributed by atoms with Crippen molar-refractivity contribution in [3.63, 3.8) is 0 Å². The summed E-state index contributed by atoms with van der Waals surface area (Å²) in [7, 11) is -2.40. The van der Waals surface area contributed by atoms with Crippen LogP contribution in [0.3, 0.4) is 0 Å². The smallest absolute Gasteiger partial charge is 0.242 e. The van der Waals surface area contributed by atoms with Crippen LogP contribution in [0, 0.1) is 0 Å². The Hall–Kier alpha value is -2.87. The molecule has 0 aromatic heterocycles. The number of ether oxygens (including phenoxy) is 1. The van der Waals surface area contributed by atoms with Gasteiger partial charge in [0.05, 0.1) is 17.0 Å². The summed E-state index contributed by atoms with van der Waals surface area (Å²) in [5.41, 5.74) is 1.25. The minimum absolute atomic E-state index is 0.0864. The Morgan fingerprint density at radius 3 is 2.23 bits per heavy atom. The van der Waals surface area contributed by atoms with E-state index >= 15 is 0 Å². The molecule has 0 saturated carbocycles. The summed E-state index contributed by atoms with van der Waals surface area (Å²) in [6.07, 6.45) is 0.183. The SMILES string of the molecule is COc1ccc(NC(=O)[C@H](Cc2ccccc2)NS(=O)(=O)c2ccccc2)cc1Cl. The summed E-state index contributed by atoms with van der Waals surface area (Å²) in [5, 5.41) is 3.06. The minimum atomic E-state index is -3.89. The third kappa shape index (κ3) is 5.60. The predicted octanol–water partition coefficient (Wildman–Crippen LogP) is 3.88. The first-order valence-corrected chi connectivity index (χ1v) is 11.0. The zero-order valence-electron chi connectivity index (χ0n) is 16.2. The zero-order chi connectivity index (χ0) is 21.6. The summed E-state index contributed by atoms with van der Waals surface area (Å²) in [5.74, 6) is -0.0279. The number of rotatable bonds is 8. The van der Waals surface area contributed by atoms with Crippen LogP contribution >= 0.6 is 11.6 Å². The quantitative estimate of drug-likeness (QED) is 0.552. The maximum absolute atomic E-state index is 13.0. The lowest BCUT2D eigenvalue weighted by molar-refractivity contribution is -0.117. The molecule has 0 fully saturated rings. The van der Waals surface area contributed by atoms with Crippen molar-refractivity contribution in [2.45, 2.75) is 17.4 Å². The lowest BCUT2D eigenvalue weighted by Crippen LogP contribution is -2.45. The normalized spacial score (nSPS) is 12.2. The lowest BCUT2D eigenvalue weighted by atomic mass is 10.1. The standard InChI is InChI=1S/C22H21ClN2O4S/c1-29-21-13-12-17(15-19(21)23)24-22(26)20(14-16-8-4-2-5-9-16)25-30(27,28)18-10-6-3-7-11-18/h2-13,15,20,25H,14H2,1H3,(H,24,26)/t20-/m0/s1. The predicted molar refractivity (Wildman–Crippen MR) is 117 cm³/mol. The van der Waals surface area contributed by atoms with Crippen molar-refractivity contribution in [3.05, 3.63) is 89.4 Å². The Morgan fingerprint density at radius 2 is 1.63 bits per heavy atom. The first kappa shape index (κ1) is 21.8. The second kappa shape index (κ2) is 9.75. The average Bonchev–Trinajstić information content (AvgIpc) is 2.74. The van der Waals surface area contributed by atoms with Gasteiger partial charge in [0.25, 0.3) is 0 Å². The fraction of sp³-hybridized carbons (Fsp3) is 0.136. The molecule has 8 heteroatoms. The van der Waals surface area contributed by atoms with Gasteiger partial charge in [-0.25, -0.2) is 8.42 Å². The Morgan fingerprint density at radius 1 is 1.00 bits per heavy atom. The van der Waals surface area contributed by atoms with E-state index < -0.39 is 22.0 Å². The Balaban J connectivity index is 1.85. The fourth-order valence-electron chi connectivity index (χ4n) is 2.87. The molecule has 156 valence electrons. The number of hydrogen-bond acceptors (Lipinski definition) is 4. The van der Waals surface area contributed by atoms with Gasteiger partial charge in [0, 0.05) is 5.69 Å². The van der Waals surface area contributed by atoms with Crippen LogP contribution in [0.15, 0.2) is 83.8 Å². The number of hydrogen-bond donors (Lipinski definition) is 2. The summed E-state index contributed by atoms with van der Waals surface area (Å²) in [6, 6.07) is 20.9. The third-order valence-electron chi connectivity index (χ3n) is 4.37. The van der Waals surface area contributed by atoms with Gasteiger partial charge in [0.2, 0.25) is 15.9 Å². The van der Waals surface area contributed by atoms with Crippen molar-refractivity contribution in [2.24, 2.45) is 0 Å². The van der Waals surface area contributed by atoms with Crippen molar-refractivity contribution >= 4 is 33.2 Å². The maximum atomic E-state index is 13.0.